The van der Waals surface area contributed by atoms with Gasteiger partial charge in [-0.05, 0) is 33.6 Å². The summed E-state index contributed by atoms with van der Waals surface area (Å²) >= 11 is 3.48. The fourth-order valence-electron chi connectivity index (χ4n) is 1.21. The Labute approximate surface area is 89.9 Å². The fraction of sp³-hybridized carbons (Fsp3) is 0.111. The molecule has 0 fully saturated rings. The quantitative estimate of drug-likeness (QED) is 0.882. The van der Waals surface area contributed by atoms with Crippen LogP contribution in [0, 0.1) is 0 Å². The molecule has 1 aromatic heterocycles. The van der Waals surface area contributed by atoms with E-state index in [2.05, 4.69) is 26.1 Å². The van der Waals surface area contributed by atoms with Crippen LogP contribution in [0.4, 0.5) is 0 Å². The number of aromatic nitrogens is 3. The average Bonchev–Trinajstić information content (AvgIpc) is 2.70. The van der Waals surface area contributed by atoms with Crippen LogP contribution in [0.5, 0.6) is 0 Å². The van der Waals surface area contributed by atoms with Gasteiger partial charge in [0.2, 0.25) is 0 Å². The van der Waals surface area contributed by atoms with Gasteiger partial charge in [0.25, 0.3) is 0 Å². The summed E-state index contributed by atoms with van der Waals surface area (Å²) in [4.78, 5) is 0. The Morgan fingerprint density at radius 2 is 2.00 bits per heavy atom. The minimum absolute atomic E-state index is 0.543. The Hall–Kier alpha value is -1.20. The van der Waals surface area contributed by atoms with E-state index in [9.17, 15) is 0 Å². The summed E-state index contributed by atoms with van der Waals surface area (Å²) in [7, 11) is 0. The van der Waals surface area contributed by atoms with Gasteiger partial charge in [-0.2, -0.15) is 0 Å². The molecule has 0 saturated carbocycles. The summed E-state index contributed by atoms with van der Waals surface area (Å²) in [5.74, 6) is 0. The molecular formula is C9H9BrN4. The third-order valence-electron chi connectivity index (χ3n) is 1.94. The maximum atomic E-state index is 5.54. The van der Waals surface area contributed by atoms with E-state index in [0.29, 0.717) is 6.54 Å². The van der Waals surface area contributed by atoms with Crippen molar-refractivity contribution < 1.29 is 0 Å². The van der Waals surface area contributed by atoms with Crippen molar-refractivity contribution in [1.82, 2.24) is 14.8 Å². The van der Waals surface area contributed by atoms with Crippen molar-refractivity contribution in [2.24, 2.45) is 5.73 Å². The molecule has 2 N–H and O–H groups in total. The number of hydrogen-bond acceptors (Lipinski definition) is 3. The highest BCUT2D eigenvalue weighted by atomic mass is 79.9. The number of hydrogen-bond donors (Lipinski definition) is 1. The molecule has 1 aromatic carbocycles. The predicted molar refractivity (Wildman–Crippen MR) is 57.0 cm³/mol. The zero-order valence-corrected chi connectivity index (χ0v) is 8.98. The van der Waals surface area contributed by atoms with Gasteiger partial charge in [0.05, 0.1) is 5.69 Å². The Morgan fingerprint density at radius 3 is 2.57 bits per heavy atom. The Morgan fingerprint density at radius 1 is 1.29 bits per heavy atom. The van der Waals surface area contributed by atoms with Crippen LogP contribution in [0.2, 0.25) is 0 Å². The van der Waals surface area contributed by atoms with Gasteiger partial charge in [0.15, 0.2) is 0 Å². The van der Waals surface area contributed by atoms with Crippen molar-refractivity contribution in [3.63, 3.8) is 0 Å². The van der Waals surface area contributed by atoms with Gasteiger partial charge in [-0.25, -0.2) is 0 Å². The summed E-state index contributed by atoms with van der Waals surface area (Å²) in [5.41, 5.74) is 7.63. The zero-order chi connectivity index (χ0) is 9.97. The van der Waals surface area contributed by atoms with E-state index < -0.39 is 0 Å². The lowest BCUT2D eigenvalue weighted by molar-refractivity contribution is 1.02. The number of nitrogens with two attached hydrogens (primary N) is 1. The van der Waals surface area contributed by atoms with Crippen LogP contribution in [0.3, 0.4) is 0 Å². The largest absolute Gasteiger partial charge is 0.326 e. The highest BCUT2D eigenvalue weighted by Gasteiger charge is 2.02. The molecule has 5 heteroatoms. The second-order valence-electron chi connectivity index (χ2n) is 2.86. The highest BCUT2D eigenvalue weighted by molar-refractivity contribution is 9.10. The molecule has 0 aliphatic carbocycles. The SMILES string of the molecule is NCc1ccc(-n2cnnc2)c(Br)c1. The molecular weight excluding hydrogens is 244 g/mol. The molecule has 14 heavy (non-hydrogen) atoms. The smallest absolute Gasteiger partial charge is 0.123 e. The van der Waals surface area contributed by atoms with E-state index in [0.717, 1.165) is 15.7 Å². The second-order valence-corrected chi connectivity index (χ2v) is 3.71. The standard InChI is InChI=1S/C9H9BrN4/c10-8-3-7(4-11)1-2-9(8)14-5-12-13-6-14/h1-3,5-6H,4,11H2. The number of nitrogens with zero attached hydrogens (tertiary/aromatic N) is 3. The molecule has 0 aliphatic heterocycles. The van der Waals surface area contributed by atoms with Crippen molar-refractivity contribution in [2.75, 3.05) is 0 Å². The maximum absolute atomic E-state index is 5.54. The molecule has 72 valence electrons. The van der Waals surface area contributed by atoms with Crippen LogP contribution in [0.15, 0.2) is 35.3 Å². The minimum Gasteiger partial charge on any atom is -0.326 e. The molecule has 2 aromatic rings. The number of benzene rings is 1. The van der Waals surface area contributed by atoms with Crippen molar-refractivity contribution >= 4 is 15.9 Å². The summed E-state index contributed by atoms with van der Waals surface area (Å²) in [6, 6.07) is 5.96. The van der Waals surface area contributed by atoms with Gasteiger partial charge in [-0.15, -0.1) is 10.2 Å². The number of halogens is 1. The molecule has 0 aliphatic rings. The lowest BCUT2D eigenvalue weighted by Gasteiger charge is -2.05. The van der Waals surface area contributed by atoms with Gasteiger partial charge < -0.3 is 5.73 Å². The van der Waals surface area contributed by atoms with Gasteiger partial charge in [0.1, 0.15) is 12.7 Å². The zero-order valence-electron chi connectivity index (χ0n) is 7.39. The molecule has 0 radical (unpaired) electrons. The fourth-order valence-corrected chi connectivity index (χ4v) is 1.84. The molecule has 0 atom stereocenters. The Balaban J connectivity index is 2.46. The third-order valence-corrected chi connectivity index (χ3v) is 2.58. The van der Waals surface area contributed by atoms with Gasteiger partial charge in [0, 0.05) is 11.0 Å². The van der Waals surface area contributed by atoms with Crippen molar-refractivity contribution in [3.05, 3.63) is 40.9 Å². The number of rotatable bonds is 2. The molecule has 0 saturated heterocycles. The monoisotopic (exact) mass is 252 g/mol. The topological polar surface area (TPSA) is 56.7 Å². The molecule has 0 amide bonds. The maximum Gasteiger partial charge on any atom is 0.123 e. The van der Waals surface area contributed by atoms with Crippen molar-refractivity contribution in [3.8, 4) is 5.69 Å². The Bertz CT molecular complexity index is 424. The molecule has 0 bridgehead atoms. The van der Waals surface area contributed by atoms with Gasteiger partial charge in [-0.1, -0.05) is 6.07 Å². The second kappa shape index (κ2) is 3.89. The molecule has 1 heterocycles. The first kappa shape index (κ1) is 9.36. The summed E-state index contributed by atoms with van der Waals surface area (Å²) in [5, 5.41) is 7.50. The first-order chi connectivity index (χ1) is 6.81. The summed E-state index contributed by atoms with van der Waals surface area (Å²) in [6.07, 6.45) is 3.31. The van der Waals surface area contributed by atoms with Crippen molar-refractivity contribution in [2.45, 2.75) is 6.54 Å². The van der Waals surface area contributed by atoms with Crippen molar-refractivity contribution in [1.29, 1.82) is 0 Å². The molecule has 0 spiro atoms. The van der Waals surface area contributed by atoms with E-state index in [-0.39, 0.29) is 0 Å². The van der Waals surface area contributed by atoms with E-state index in [1.807, 2.05) is 22.8 Å². The molecule has 4 nitrogen and oxygen atoms in total. The Kier molecular flexibility index (Phi) is 2.60. The first-order valence-electron chi connectivity index (χ1n) is 4.15. The normalized spacial score (nSPS) is 10.4. The van der Waals surface area contributed by atoms with Gasteiger partial charge in [-0.3, -0.25) is 4.57 Å². The van der Waals surface area contributed by atoms with E-state index in [4.69, 9.17) is 5.73 Å². The predicted octanol–water partition coefficient (Wildman–Crippen LogP) is 1.49. The van der Waals surface area contributed by atoms with E-state index in [1.165, 1.54) is 0 Å². The van der Waals surface area contributed by atoms with Crippen LogP contribution in [-0.2, 0) is 6.54 Å². The lowest BCUT2D eigenvalue weighted by Crippen LogP contribution is -1.98. The van der Waals surface area contributed by atoms with Crippen LogP contribution >= 0.6 is 15.9 Å². The van der Waals surface area contributed by atoms with Crippen LogP contribution in [0.25, 0.3) is 5.69 Å². The lowest BCUT2D eigenvalue weighted by atomic mass is 10.2. The molecule has 0 unspecified atom stereocenters. The van der Waals surface area contributed by atoms with Crippen LogP contribution in [0.1, 0.15) is 5.56 Å². The highest BCUT2D eigenvalue weighted by Crippen LogP contribution is 2.21. The van der Waals surface area contributed by atoms with E-state index >= 15 is 0 Å². The summed E-state index contributed by atoms with van der Waals surface area (Å²) in [6.45, 7) is 0.543. The van der Waals surface area contributed by atoms with Crippen LogP contribution in [-0.4, -0.2) is 14.8 Å². The average molecular weight is 253 g/mol. The van der Waals surface area contributed by atoms with E-state index in [1.54, 1.807) is 12.7 Å². The van der Waals surface area contributed by atoms with Gasteiger partial charge >= 0.3 is 0 Å². The first-order valence-corrected chi connectivity index (χ1v) is 4.94. The van der Waals surface area contributed by atoms with Crippen LogP contribution < -0.4 is 5.73 Å². The third kappa shape index (κ3) is 1.69. The minimum atomic E-state index is 0.543. The molecule has 2 rings (SSSR count). The summed E-state index contributed by atoms with van der Waals surface area (Å²) < 4.78 is 2.82.